The van der Waals surface area contributed by atoms with Crippen LogP contribution in [0.5, 0.6) is 11.5 Å². The van der Waals surface area contributed by atoms with Gasteiger partial charge in [0.15, 0.2) is 0 Å². The molecule has 35 heavy (non-hydrogen) atoms. The van der Waals surface area contributed by atoms with Crippen molar-refractivity contribution in [3.63, 3.8) is 0 Å². The van der Waals surface area contributed by atoms with Gasteiger partial charge in [-0.3, -0.25) is 4.79 Å². The van der Waals surface area contributed by atoms with Gasteiger partial charge in [0.25, 0.3) is 5.91 Å². The van der Waals surface area contributed by atoms with Gasteiger partial charge in [-0.25, -0.2) is 4.98 Å². The van der Waals surface area contributed by atoms with Crippen molar-refractivity contribution in [1.82, 2.24) is 14.9 Å². The number of anilines is 3. The summed E-state index contributed by atoms with van der Waals surface area (Å²) in [6.07, 6.45) is -4.82. The molecule has 8 nitrogen and oxygen atoms in total. The average Bonchev–Trinajstić information content (AvgIpc) is 2.83. The Labute approximate surface area is 200 Å². The van der Waals surface area contributed by atoms with Gasteiger partial charge in [-0.2, -0.15) is 4.98 Å². The third-order valence-electron chi connectivity index (χ3n) is 5.37. The number of ether oxygens (including phenoxy) is 2. The van der Waals surface area contributed by atoms with Gasteiger partial charge in [-0.05, 0) is 49.4 Å². The SMILES string of the molecule is COc1ccc(Nc2cc(C)nc(N3CCN(C(=O)c4cccc(OC(F)(F)F)c4)CC3)n2)cc1. The quantitative estimate of drug-likeness (QED) is 0.552. The van der Waals surface area contributed by atoms with Crippen LogP contribution in [0.3, 0.4) is 0 Å². The van der Waals surface area contributed by atoms with Gasteiger partial charge in [0, 0.05) is 49.2 Å². The van der Waals surface area contributed by atoms with E-state index in [2.05, 4.69) is 20.0 Å². The van der Waals surface area contributed by atoms with Crippen molar-refractivity contribution in [2.45, 2.75) is 13.3 Å². The number of benzene rings is 2. The number of nitrogens with zero attached hydrogens (tertiary/aromatic N) is 4. The molecule has 184 valence electrons. The second kappa shape index (κ2) is 10.1. The molecule has 2 aromatic carbocycles. The monoisotopic (exact) mass is 487 g/mol. The maximum Gasteiger partial charge on any atom is 0.573 e. The van der Waals surface area contributed by atoms with Crippen molar-refractivity contribution in [1.29, 1.82) is 0 Å². The number of methoxy groups -OCH3 is 1. The Bertz CT molecular complexity index is 1180. The molecule has 0 spiro atoms. The number of halogens is 3. The molecule has 1 aliphatic rings. The Hall–Kier alpha value is -4.02. The molecule has 0 aliphatic carbocycles. The highest BCUT2D eigenvalue weighted by Gasteiger charge is 2.31. The number of carbonyl (C=O) groups excluding carboxylic acids is 1. The molecule has 0 radical (unpaired) electrons. The van der Waals surface area contributed by atoms with E-state index in [4.69, 9.17) is 4.74 Å². The van der Waals surface area contributed by atoms with E-state index in [1.54, 1.807) is 12.0 Å². The standard InChI is InChI=1S/C24H24F3N5O3/c1-16-14-21(29-18-6-8-19(34-2)9-7-18)30-23(28-16)32-12-10-31(11-13-32)22(33)17-4-3-5-20(15-17)35-24(25,26)27/h3-9,14-15H,10-13H2,1-2H3,(H,28,29,30). The Balaban J connectivity index is 1.40. The molecule has 0 saturated carbocycles. The minimum absolute atomic E-state index is 0.137. The van der Waals surface area contributed by atoms with E-state index < -0.39 is 12.1 Å². The third-order valence-corrected chi connectivity index (χ3v) is 5.37. The molecule has 11 heteroatoms. The highest BCUT2D eigenvalue weighted by molar-refractivity contribution is 5.94. The molecule has 1 N–H and O–H groups in total. The van der Waals surface area contributed by atoms with Crippen molar-refractivity contribution in [3.05, 3.63) is 65.9 Å². The molecule has 4 rings (SSSR count). The van der Waals surface area contributed by atoms with E-state index in [0.717, 1.165) is 29.3 Å². The predicted molar refractivity (Wildman–Crippen MR) is 124 cm³/mol. The fourth-order valence-corrected chi connectivity index (χ4v) is 3.70. The Morgan fingerprint density at radius 2 is 1.69 bits per heavy atom. The molecule has 1 aliphatic heterocycles. The van der Waals surface area contributed by atoms with Crippen LogP contribution in [0.2, 0.25) is 0 Å². The molecular formula is C24H24F3N5O3. The first-order valence-corrected chi connectivity index (χ1v) is 10.9. The summed E-state index contributed by atoms with van der Waals surface area (Å²) in [7, 11) is 1.61. The van der Waals surface area contributed by atoms with Gasteiger partial charge < -0.3 is 24.6 Å². The molecule has 0 bridgehead atoms. The number of amides is 1. The first-order chi connectivity index (χ1) is 16.7. The van der Waals surface area contributed by atoms with Crippen LogP contribution in [0.4, 0.5) is 30.6 Å². The van der Waals surface area contributed by atoms with Gasteiger partial charge in [-0.1, -0.05) is 6.07 Å². The van der Waals surface area contributed by atoms with E-state index in [1.165, 1.54) is 12.1 Å². The fourth-order valence-electron chi connectivity index (χ4n) is 3.70. The lowest BCUT2D eigenvalue weighted by atomic mass is 10.1. The number of alkyl halides is 3. The van der Waals surface area contributed by atoms with Crippen LogP contribution in [0, 0.1) is 6.92 Å². The molecule has 1 fully saturated rings. The summed E-state index contributed by atoms with van der Waals surface area (Å²) in [5.41, 5.74) is 1.77. The fraction of sp³-hybridized carbons (Fsp3) is 0.292. The molecule has 0 atom stereocenters. The molecule has 3 aromatic rings. The smallest absolute Gasteiger partial charge is 0.497 e. The normalized spacial score (nSPS) is 14.0. The molecule has 0 unspecified atom stereocenters. The van der Waals surface area contributed by atoms with Crippen LogP contribution in [-0.4, -0.2) is 60.4 Å². The Morgan fingerprint density at radius 1 is 0.971 bits per heavy atom. The number of hydrogen-bond donors (Lipinski definition) is 1. The van der Waals surface area contributed by atoms with Gasteiger partial charge in [0.05, 0.1) is 7.11 Å². The summed E-state index contributed by atoms with van der Waals surface area (Å²) in [4.78, 5) is 25.5. The minimum Gasteiger partial charge on any atom is -0.497 e. The molecular weight excluding hydrogens is 463 g/mol. The molecule has 1 aromatic heterocycles. The summed E-state index contributed by atoms with van der Waals surface area (Å²) in [6.45, 7) is 3.59. The van der Waals surface area contributed by atoms with E-state index in [0.29, 0.717) is 37.9 Å². The maximum atomic E-state index is 12.8. The van der Waals surface area contributed by atoms with Crippen LogP contribution in [0.25, 0.3) is 0 Å². The topological polar surface area (TPSA) is 79.8 Å². The highest BCUT2D eigenvalue weighted by Crippen LogP contribution is 2.25. The number of carbonyl (C=O) groups is 1. The summed E-state index contributed by atoms with van der Waals surface area (Å²) < 4.78 is 46.6. The zero-order valence-electron chi connectivity index (χ0n) is 19.2. The van der Waals surface area contributed by atoms with Crippen molar-refractivity contribution >= 4 is 23.4 Å². The summed E-state index contributed by atoms with van der Waals surface area (Å²) in [6, 6.07) is 14.4. The number of rotatable bonds is 6. The zero-order valence-corrected chi connectivity index (χ0v) is 19.2. The van der Waals surface area contributed by atoms with Crippen LogP contribution in [0.1, 0.15) is 16.1 Å². The Kier molecular flexibility index (Phi) is 6.94. The van der Waals surface area contributed by atoms with Crippen molar-refractivity contribution in [3.8, 4) is 11.5 Å². The molecule has 1 saturated heterocycles. The van der Waals surface area contributed by atoms with Gasteiger partial charge in [0.1, 0.15) is 17.3 Å². The minimum atomic E-state index is -4.82. The number of hydrogen-bond acceptors (Lipinski definition) is 7. The van der Waals surface area contributed by atoms with Crippen LogP contribution in [0.15, 0.2) is 54.6 Å². The van der Waals surface area contributed by atoms with Crippen molar-refractivity contribution in [2.75, 3.05) is 43.5 Å². The van der Waals surface area contributed by atoms with Crippen LogP contribution < -0.4 is 19.7 Å². The van der Waals surface area contributed by atoms with E-state index >= 15 is 0 Å². The number of piperazine rings is 1. The second-order valence-electron chi connectivity index (χ2n) is 7.90. The lowest BCUT2D eigenvalue weighted by molar-refractivity contribution is -0.274. The van der Waals surface area contributed by atoms with Crippen LogP contribution >= 0.6 is 0 Å². The Morgan fingerprint density at radius 3 is 2.34 bits per heavy atom. The number of aryl methyl sites for hydroxylation is 1. The third kappa shape index (κ3) is 6.31. The highest BCUT2D eigenvalue weighted by atomic mass is 19.4. The number of aromatic nitrogens is 2. The van der Waals surface area contributed by atoms with Gasteiger partial charge >= 0.3 is 6.36 Å². The van der Waals surface area contributed by atoms with Crippen LogP contribution in [-0.2, 0) is 0 Å². The lowest BCUT2D eigenvalue weighted by Gasteiger charge is -2.35. The van der Waals surface area contributed by atoms with Crippen molar-refractivity contribution in [2.24, 2.45) is 0 Å². The molecule has 1 amide bonds. The second-order valence-corrected chi connectivity index (χ2v) is 7.90. The maximum absolute atomic E-state index is 12.8. The first kappa shape index (κ1) is 24.1. The van der Waals surface area contributed by atoms with Gasteiger partial charge in [0.2, 0.25) is 5.95 Å². The van der Waals surface area contributed by atoms with Crippen molar-refractivity contribution < 1.29 is 27.4 Å². The van der Waals surface area contributed by atoms with E-state index in [9.17, 15) is 18.0 Å². The summed E-state index contributed by atoms with van der Waals surface area (Å²) in [5.74, 6) is 1.14. The molecule has 2 heterocycles. The largest absolute Gasteiger partial charge is 0.573 e. The lowest BCUT2D eigenvalue weighted by Crippen LogP contribution is -2.49. The first-order valence-electron chi connectivity index (χ1n) is 10.9. The summed E-state index contributed by atoms with van der Waals surface area (Å²) >= 11 is 0. The number of nitrogens with one attached hydrogen (secondary N) is 1. The van der Waals surface area contributed by atoms with Gasteiger partial charge in [-0.15, -0.1) is 13.2 Å². The average molecular weight is 487 g/mol. The summed E-state index contributed by atoms with van der Waals surface area (Å²) in [5, 5.41) is 3.26. The zero-order chi connectivity index (χ0) is 25.0. The predicted octanol–water partition coefficient (Wildman–Crippen LogP) is 4.40. The van der Waals surface area contributed by atoms with E-state index in [-0.39, 0.29) is 11.5 Å². The van der Waals surface area contributed by atoms with E-state index in [1.807, 2.05) is 42.2 Å².